The lowest BCUT2D eigenvalue weighted by Crippen LogP contribution is -2.42. The van der Waals surface area contributed by atoms with Crippen molar-refractivity contribution >= 4 is 68.0 Å². The Labute approximate surface area is 443 Å². The number of rotatable bonds is 7. The van der Waals surface area contributed by atoms with E-state index in [1.807, 2.05) is 0 Å². The molecule has 0 bridgehead atoms. The first kappa shape index (κ1) is 43.8. The summed E-state index contributed by atoms with van der Waals surface area (Å²) < 4.78 is 10.8. The molecule has 16 rings (SSSR count). The highest BCUT2D eigenvalue weighted by Gasteiger charge is 2.40. The van der Waals surface area contributed by atoms with Crippen LogP contribution in [0.3, 0.4) is 0 Å². The normalized spacial score (nSPS) is 21.0. The van der Waals surface area contributed by atoms with Gasteiger partial charge in [-0.1, -0.05) is 164 Å². The summed E-state index contributed by atoms with van der Waals surface area (Å²) in [6.45, 7) is 0. The number of hydrogen-bond donors (Lipinski definition) is 1. The maximum absolute atomic E-state index is 6.09. The van der Waals surface area contributed by atoms with Crippen molar-refractivity contribution in [1.82, 2.24) is 23.6 Å². The molecule has 0 amide bonds. The first-order valence-corrected chi connectivity index (χ1v) is 27.8. The molecule has 7 aliphatic rings. The van der Waals surface area contributed by atoms with Gasteiger partial charge in [-0.2, -0.15) is 0 Å². The lowest BCUT2D eigenvalue weighted by Gasteiger charge is -2.33. The summed E-state index contributed by atoms with van der Waals surface area (Å²) >= 11 is 0. The molecule has 1 aliphatic heterocycles. The Hall–Kier alpha value is -8.61. The van der Waals surface area contributed by atoms with Crippen LogP contribution in [0.2, 0.25) is 0 Å². The van der Waals surface area contributed by atoms with Gasteiger partial charge >= 0.3 is 0 Å². The topological polar surface area (TPSA) is 44.1 Å². The minimum absolute atomic E-state index is 0.0781. The van der Waals surface area contributed by atoms with E-state index >= 15 is 0 Å². The molecule has 5 heterocycles. The number of allylic oxidation sites excluding steroid dienone is 9. The van der Waals surface area contributed by atoms with Crippen molar-refractivity contribution in [1.29, 1.82) is 0 Å². The van der Waals surface area contributed by atoms with Crippen LogP contribution in [-0.2, 0) is 25.7 Å². The summed E-state index contributed by atoms with van der Waals surface area (Å²) in [6.07, 6.45) is 42.0. The van der Waals surface area contributed by atoms with Gasteiger partial charge in [0, 0.05) is 67.0 Å². The van der Waals surface area contributed by atoms with Crippen molar-refractivity contribution in [3.8, 4) is 22.6 Å². The zero-order valence-corrected chi connectivity index (χ0v) is 42.6. The van der Waals surface area contributed by atoms with Gasteiger partial charge in [-0.25, -0.2) is 0 Å². The maximum Gasteiger partial charge on any atom is 0.109 e. The van der Waals surface area contributed by atoms with E-state index in [0.717, 1.165) is 69.3 Å². The minimum Gasteiger partial charge on any atom is -0.343 e. The highest BCUT2D eigenvalue weighted by molar-refractivity contribution is 6.21. The number of aliphatic imine (C=N–C) groups is 1. The van der Waals surface area contributed by atoms with Gasteiger partial charge in [0.05, 0.1) is 45.7 Å². The van der Waals surface area contributed by atoms with E-state index in [-0.39, 0.29) is 24.0 Å². The molecule has 6 heteroatoms. The molecule has 4 aromatic heterocycles. The Morgan fingerprint density at radius 2 is 1.32 bits per heavy atom. The number of nitrogens with zero attached hydrogens (tertiary/aromatic N) is 5. The van der Waals surface area contributed by atoms with E-state index in [9.17, 15) is 0 Å². The van der Waals surface area contributed by atoms with Crippen molar-refractivity contribution in [2.24, 2.45) is 10.9 Å². The molecule has 4 atom stereocenters. The van der Waals surface area contributed by atoms with Crippen molar-refractivity contribution in [2.45, 2.75) is 75.9 Å². The maximum atomic E-state index is 6.09. The Bertz CT molecular complexity index is 4280. The molecule has 0 fully saturated rings. The average Bonchev–Trinajstić information content (AvgIpc) is 4.41. The summed E-state index contributed by atoms with van der Waals surface area (Å²) in [7, 11) is 0. The SMILES string of the molecule is C1=CCC(C2=NC(C3=c4c5c(n(-c6ccccc6)c4=CCC3n3c4c(c6ccc7c(c8ccccc8n7-c7ccccc7)c63)CCC=C4)CCc3c4c(n(C6C=CC=CC6)c3-5)CCC=C4)C=C(c3ccccc3)N2)C=C1. The number of benzene rings is 5. The van der Waals surface area contributed by atoms with Crippen LogP contribution in [0.4, 0.5) is 0 Å². The Morgan fingerprint density at radius 1 is 0.566 bits per heavy atom. The van der Waals surface area contributed by atoms with Crippen LogP contribution in [0.5, 0.6) is 0 Å². The molecule has 0 saturated carbocycles. The smallest absolute Gasteiger partial charge is 0.109 e. The minimum atomic E-state index is -0.287. The fraction of sp³-hybridized carbons (Fsp3) is 0.186. The van der Waals surface area contributed by atoms with Gasteiger partial charge in [0.1, 0.15) is 5.84 Å². The highest BCUT2D eigenvalue weighted by Crippen LogP contribution is 2.48. The predicted molar refractivity (Wildman–Crippen MR) is 315 cm³/mol. The number of aryl methyl sites for hydroxylation is 1. The van der Waals surface area contributed by atoms with Crippen LogP contribution < -0.4 is 15.9 Å². The molecular formula is C70H58N6. The van der Waals surface area contributed by atoms with E-state index in [2.05, 4.69) is 236 Å². The third-order valence-electron chi connectivity index (χ3n) is 17.6. The van der Waals surface area contributed by atoms with Crippen molar-refractivity contribution in [3.63, 3.8) is 0 Å². The first-order valence-electron chi connectivity index (χ1n) is 27.8. The molecule has 0 saturated heterocycles. The molecule has 76 heavy (non-hydrogen) atoms. The summed E-state index contributed by atoms with van der Waals surface area (Å²) in [6, 6.07) is 47.0. The van der Waals surface area contributed by atoms with E-state index < -0.39 is 0 Å². The van der Waals surface area contributed by atoms with Crippen LogP contribution in [0.1, 0.15) is 83.5 Å². The van der Waals surface area contributed by atoms with Gasteiger partial charge in [-0.15, -0.1) is 0 Å². The third-order valence-corrected chi connectivity index (χ3v) is 17.6. The monoisotopic (exact) mass is 982 g/mol. The zero-order valence-electron chi connectivity index (χ0n) is 42.6. The summed E-state index contributed by atoms with van der Waals surface area (Å²) in [5.74, 6) is 1.15. The van der Waals surface area contributed by atoms with Crippen molar-refractivity contribution in [3.05, 3.63) is 244 Å². The average molecular weight is 983 g/mol. The number of amidine groups is 1. The fourth-order valence-corrected chi connectivity index (χ4v) is 14.5. The number of fused-ring (bicyclic) bond motifs is 14. The molecular weight excluding hydrogens is 925 g/mol. The molecule has 6 nitrogen and oxygen atoms in total. The molecule has 6 aliphatic carbocycles. The molecule has 0 spiro atoms. The Morgan fingerprint density at radius 3 is 2.12 bits per heavy atom. The molecule has 9 aromatic rings. The predicted octanol–water partition coefficient (Wildman–Crippen LogP) is 14.2. The van der Waals surface area contributed by atoms with E-state index in [1.165, 1.54) is 111 Å². The first-order chi connectivity index (χ1) is 37.8. The van der Waals surface area contributed by atoms with E-state index in [1.54, 1.807) is 0 Å². The summed E-state index contributed by atoms with van der Waals surface area (Å²) in [5, 5.41) is 10.6. The largest absolute Gasteiger partial charge is 0.343 e. The standard InChI is InChI=1S/C70H58N6/c1-6-22-45(23-7-1)55-44-56(72-70(71-55)46-24-8-2-9-25-46)65-61(76-58-36-20-17-33-51(58)52-38-40-60-64(68(52)76)54-34-18-21-37-59(54)73(60)47-26-10-3-11-27-47)42-43-62-66(65)67-63(74(62)48-28-12-4-13-29-48)41-39-53-50-32-16-19-35-57(50)75(69(53)67)49-30-14-5-15-31-49/h1-16,18,20-24,26-30,32,34,36-38,40,43-44,46,49,56,61H,17,19,25,31,33,35,39,41-42H2,(H,71,72). The van der Waals surface area contributed by atoms with Gasteiger partial charge in [0.15, 0.2) is 0 Å². The lowest BCUT2D eigenvalue weighted by molar-refractivity contribution is 0.584. The lowest BCUT2D eigenvalue weighted by atomic mass is 9.84. The fourth-order valence-electron chi connectivity index (χ4n) is 14.5. The molecule has 1 N–H and O–H groups in total. The number of aromatic nitrogens is 4. The van der Waals surface area contributed by atoms with Crippen LogP contribution >= 0.6 is 0 Å². The van der Waals surface area contributed by atoms with Crippen LogP contribution in [0.15, 0.2) is 199 Å². The second kappa shape index (κ2) is 17.5. The molecule has 5 aromatic carbocycles. The van der Waals surface area contributed by atoms with Gasteiger partial charge in [0.2, 0.25) is 0 Å². The number of hydrogen-bond acceptors (Lipinski definition) is 2. The Kier molecular flexibility index (Phi) is 10.1. The van der Waals surface area contributed by atoms with Crippen molar-refractivity contribution < 1.29 is 0 Å². The Balaban J connectivity index is 1.08. The van der Waals surface area contributed by atoms with Crippen LogP contribution in [0, 0.1) is 5.92 Å². The second-order valence-electron chi connectivity index (χ2n) is 21.7. The number of nitrogens with one attached hydrogen (secondary N) is 1. The van der Waals surface area contributed by atoms with E-state index in [0.29, 0.717) is 0 Å². The van der Waals surface area contributed by atoms with Gasteiger partial charge in [-0.05, 0) is 134 Å². The number of para-hydroxylation sites is 3. The third kappa shape index (κ3) is 6.55. The summed E-state index contributed by atoms with van der Waals surface area (Å²) in [4.78, 5) is 6.09. The molecule has 368 valence electrons. The zero-order chi connectivity index (χ0) is 49.8. The van der Waals surface area contributed by atoms with Gasteiger partial charge < -0.3 is 23.6 Å². The highest BCUT2D eigenvalue weighted by atomic mass is 15.1. The van der Waals surface area contributed by atoms with Crippen molar-refractivity contribution in [2.75, 3.05) is 0 Å². The molecule has 4 unspecified atom stereocenters. The van der Waals surface area contributed by atoms with Crippen LogP contribution in [0.25, 0.3) is 84.8 Å². The second-order valence-corrected chi connectivity index (χ2v) is 21.7. The van der Waals surface area contributed by atoms with Gasteiger partial charge in [0.25, 0.3) is 0 Å². The molecule has 0 radical (unpaired) electrons. The quantitative estimate of drug-likeness (QED) is 0.170. The van der Waals surface area contributed by atoms with E-state index in [4.69, 9.17) is 4.99 Å². The van der Waals surface area contributed by atoms with Gasteiger partial charge in [-0.3, -0.25) is 4.99 Å². The van der Waals surface area contributed by atoms with Crippen LogP contribution in [-0.4, -0.2) is 30.1 Å². The summed E-state index contributed by atoms with van der Waals surface area (Å²) in [5.41, 5.74) is 21.3.